The van der Waals surface area contributed by atoms with Crippen molar-refractivity contribution in [2.75, 3.05) is 12.8 Å². The molecule has 1 aliphatic rings. The van der Waals surface area contributed by atoms with Crippen molar-refractivity contribution < 1.29 is 16.8 Å². The molecular weight excluding hydrogens is 324 g/mol. The first kappa shape index (κ1) is 17.4. The Labute approximate surface area is 132 Å². The smallest absolute Gasteiger partial charge is 0.241 e. The second kappa shape index (κ2) is 6.27. The number of hydrogen-bond acceptors (Lipinski definition) is 5. The summed E-state index contributed by atoms with van der Waals surface area (Å²) in [4.78, 5) is 0.0124. The molecule has 1 fully saturated rings. The molecule has 2 atom stereocenters. The number of nitrogens with two attached hydrogens (primary N) is 1. The minimum absolute atomic E-state index is 0.000252. The summed E-state index contributed by atoms with van der Waals surface area (Å²) < 4.78 is 51.2. The third-order valence-corrected chi connectivity index (χ3v) is 6.89. The lowest BCUT2D eigenvalue weighted by molar-refractivity contribution is 0.452. The Morgan fingerprint density at radius 1 is 1.23 bits per heavy atom. The van der Waals surface area contributed by atoms with Gasteiger partial charge in [-0.3, -0.25) is 0 Å². The zero-order chi connectivity index (χ0) is 16.5. The van der Waals surface area contributed by atoms with Crippen LogP contribution in [0.2, 0.25) is 0 Å². The van der Waals surface area contributed by atoms with Gasteiger partial charge in [0.15, 0.2) is 9.84 Å². The van der Waals surface area contributed by atoms with Crippen LogP contribution in [-0.4, -0.2) is 35.7 Å². The maximum Gasteiger partial charge on any atom is 0.241 e. The van der Waals surface area contributed by atoms with Gasteiger partial charge in [0.05, 0.1) is 9.79 Å². The van der Waals surface area contributed by atoms with Gasteiger partial charge in [-0.1, -0.05) is 12.5 Å². The van der Waals surface area contributed by atoms with E-state index in [-0.39, 0.29) is 21.8 Å². The highest BCUT2D eigenvalue weighted by Gasteiger charge is 2.31. The minimum Gasteiger partial charge on any atom is -0.330 e. The van der Waals surface area contributed by atoms with Crippen LogP contribution in [0.3, 0.4) is 0 Å². The predicted octanol–water partition coefficient (Wildman–Crippen LogP) is 0.804. The lowest BCUT2D eigenvalue weighted by Gasteiger charge is -2.20. The van der Waals surface area contributed by atoms with Crippen LogP contribution >= 0.6 is 0 Å². The number of sulfone groups is 1. The summed E-state index contributed by atoms with van der Waals surface area (Å²) in [5, 5.41) is 0. The second-order valence-corrected chi connectivity index (χ2v) is 9.55. The Morgan fingerprint density at radius 2 is 1.91 bits per heavy atom. The average Bonchev–Trinajstić information content (AvgIpc) is 2.84. The fraction of sp³-hybridized carbons (Fsp3) is 0.571. The van der Waals surface area contributed by atoms with Gasteiger partial charge in [-0.15, -0.1) is 0 Å². The van der Waals surface area contributed by atoms with Gasteiger partial charge in [0.1, 0.15) is 0 Å². The first-order valence-corrected chi connectivity index (χ1v) is 10.6. The molecule has 0 spiro atoms. The maximum absolute atomic E-state index is 12.6. The molecule has 8 heteroatoms. The molecule has 1 aromatic carbocycles. The SMILES string of the molecule is Cc1ccc(S(C)(=O)=O)cc1S(=O)(=O)N[C@H]1CCC[C@H]1CN. The Bertz CT molecular complexity index is 757. The molecule has 1 aliphatic carbocycles. The monoisotopic (exact) mass is 346 g/mol. The molecule has 22 heavy (non-hydrogen) atoms. The van der Waals surface area contributed by atoms with E-state index < -0.39 is 19.9 Å². The lowest BCUT2D eigenvalue weighted by Crippen LogP contribution is -2.40. The predicted molar refractivity (Wildman–Crippen MR) is 84.8 cm³/mol. The number of sulfonamides is 1. The fourth-order valence-electron chi connectivity index (χ4n) is 2.84. The minimum atomic E-state index is -3.77. The third-order valence-electron chi connectivity index (χ3n) is 4.15. The van der Waals surface area contributed by atoms with Crippen LogP contribution in [0.1, 0.15) is 24.8 Å². The molecule has 2 rings (SSSR count). The summed E-state index contributed by atoms with van der Waals surface area (Å²) >= 11 is 0. The summed E-state index contributed by atoms with van der Waals surface area (Å²) in [6.45, 7) is 2.09. The highest BCUT2D eigenvalue weighted by Crippen LogP contribution is 2.27. The quantitative estimate of drug-likeness (QED) is 0.820. The van der Waals surface area contributed by atoms with Gasteiger partial charge in [-0.2, -0.15) is 0 Å². The maximum atomic E-state index is 12.6. The van der Waals surface area contributed by atoms with Crippen molar-refractivity contribution in [3.05, 3.63) is 23.8 Å². The van der Waals surface area contributed by atoms with Crippen LogP contribution in [0.5, 0.6) is 0 Å². The number of benzene rings is 1. The lowest BCUT2D eigenvalue weighted by atomic mass is 10.1. The topological polar surface area (TPSA) is 106 Å². The molecule has 0 bridgehead atoms. The van der Waals surface area contributed by atoms with E-state index in [0.29, 0.717) is 12.1 Å². The van der Waals surface area contributed by atoms with Crippen molar-refractivity contribution in [3.8, 4) is 0 Å². The largest absolute Gasteiger partial charge is 0.330 e. The van der Waals surface area contributed by atoms with Crippen molar-refractivity contribution >= 4 is 19.9 Å². The fourth-order valence-corrected chi connectivity index (χ4v) is 5.17. The van der Waals surface area contributed by atoms with Gasteiger partial charge in [0.2, 0.25) is 10.0 Å². The van der Waals surface area contributed by atoms with Crippen LogP contribution in [0.25, 0.3) is 0 Å². The van der Waals surface area contributed by atoms with Gasteiger partial charge in [-0.05, 0) is 49.9 Å². The number of nitrogens with one attached hydrogen (secondary N) is 1. The molecule has 0 amide bonds. The molecule has 0 saturated heterocycles. The standard InChI is InChI=1S/C14H22N2O4S2/c1-10-6-7-12(21(2,17)18)8-14(10)22(19,20)16-13-5-3-4-11(13)9-15/h6-8,11,13,16H,3-5,9,15H2,1-2H3/t11-,13-/m0/s1. The summed E-state index contributed by atoms with van der Waals surface area (Å²) in [7, 11) is -7.23. The number of hydrogen-bond donors (Lipinski definition) is 2. The molecule has 1 aromatic rings. The zero-order valence-corrected chi connectivity index (χ0v) is 14.4. The molecule has 1 saturated carbocycles. The van der Waals surface area contributed by atoms with Crippen molar-refractivity contribution in [1.29, 1.82) is 0 Å². The van der Waals surface area contributed by atoms with Crippen molar-refractivity contribution in [2.45, 2.75) is 42.0 Å². The molecule has 0 unspecified atom stereocenters. The summed E-state index contributed by atoms with van der Waals surface area (Å²) in [6, 6.07) is 3.97. The zero-order valence-electron chi connectivity index (χ0n) is 12.7. The van der Waals surface area contributed by atoms with E-state index in [0.717, 1.165) is 25.5 Å². The van der Waals surface area contributed by atoms with Gasteiger partial charge in [-0.25, -0.2) is 21.6 Å². The van der Waals surface area contributed by atoms with Gasteiger partial charge < -0.3 is 5.73 Å². The Morgan fingerprint density at radius 3 is 2.50 bits per heavy atom. The number of aryl methyl sites for hydroxylation is 1. The Hall–Kier alpha value is -0.960. The number of rotatable bonds is 5. The third kappa shape index (κ3) is 3.68. The van der Waals surface area contributed by atoms with E-state index in [4.69, 9.17) is 5.73 Å². The van der Waals surface area contributed by atoms with E-state index in [1.165, 1.54) is 18.2 Å². The highest BCUT2D eigenvalue weighted by molar-refractivity contribution is 7.91. The molecular formula is C14H22N2O4S2. The van der Waals surface area contributed by atoms with E-state index >= 15 is 0 Å². The Kier molecular flexibility index (Phi) is 4.96. The van der Waals surface area contributed by atoms with E-state index in [1.807, 2.05) is 0 Å². The molecule has 6 nitrogen and oxygen atoms in total. The van der Waals surface area contributed by atoms with Gasteiger partial charge >= 0.3 is 0 Å². The van der Waals surface area contributed by atoms with Crippen LogP contribution in [0.4, 0.5) is 0 Å². The molecule has 0 radical (unpaired) electrons. The summed E-state index contributed by atoms with van der Waals surface area (Å²) in [5.74, 6) is 0.133. The van der Waals surface area contributed by atoms with Crippen molar-refractivity contribution in [2.24, 2.45) is 11.7 Å². The van der Waals surface area contributed by atoms with Crippen LogP contribution < -0.4 is 10.5 Å². The van der Waals surface area contributed by atoms with Crippen LogP contribution in [0, 0.1) is 12.8 Å². The molecule has 0 aromatic heterocycles. The summed E-state index contributed by atoms with van der Waals surface area (Å²) in [6.07, 6.45) is 3.66. The van der Waals surface area contributed by atoms with Crippen LogP contribution in [0.15, 0.2) is 28.0 Å². The van der Waals surface area contributed by atoms with Crippen LogP contribution in [-0.2, 0) is 19.9 Å². The first-order valence-electron chi connectivity index (χ1n) is 7.18. The Balaban J connectivity index is 2.37. The van der Waals surface area contributed by atoms with E-state index in [1.54, 1.807) is 6.92 Å². The highest BCUT2D eigenvalue weighted by atomic mass is 32.2. The second-order valence-electron chi connectivity index (χ2n) is 5.85. The average molecular weight is 346 g/mol. The molecule has 124 valence electrons. The molecule has 0 aliphatic heterocycles. The van der Waals surface area contributed by atoms with E-state index in [2.05, 4.69) is 4.72 Å². The van der Waals surface area contributed by atoms with Gasteiger partial charge in [0, 0.05) is 12.3 Å². The normalized spacial score (nSPS) is 22.9. The van der Waals surface area contributed by atoms with Gasteiger partial charge in [0.25, 0.3) is 0 Å². The summed E-state index contributed by atoms with van der Waals surface area (Å²) in [5.41, 5.74) is 6.19. The molecule has 3 N–H and O–H groups in total. The first-order chi connectivity index (χ1) is 10.1. The van der Waals surface area contributed by atoms with E-state index in [9.17, 15) is 16.8 Å². The van der Waals surface area contributed by atoms with Crippen molar-refractivity contribution in [1.82, 2.24) is 4.72 Å². The van der Waals surface area contributed by atoms with Crippen molar-refractivity contribution in [3.63, 3.8) is 0 Å². The molecule has 0 heterocycles.